The van der Waals surface area contributed by atoms with E-state index in [1.54, 1.807) is 0 Å². The van der Waals surface area contributed by atoms with Crippen LogP contribution < -0.4 is 4.74 Å². The molecule has 25 heavy (non-hydrogen) atoms. The summed E-state index contributed by atoms with van der Waals surface area (Å²) in [6, 6.07) is 23.9. The zero-order chi connectivity index (χ0) is 15.9. The molecule has 3 aromatic rings. The third-order valence-electron chi connectivity index (χ3n) is 5.52. The second kappa shape index (κ2) is 6.70. The Balaban J connectivity index is 0.00000157. The minimum Gasteiger partial charge on any atom is -0.492 e. The Kier molecular flexibility index (Phi) is 4.41. The lowest BCUT2D eigenvalue weighted by Crippen LogP contribution is -2.25. The minimum absolute atomic E-state index is 0. The van der Waals surface area contributed by atoms with Crippen molar-refractivity contribution in [2.24, 2.45) is 5.92 Å². The quantitative estimate of drug-likeness (QED) is 0.653. The molecule has 2 unspecified atom stereocenters. The first-order valence-corrected chi connectivity index (χ1v) is 8.79. The van der Waals surface area contributed by atoms with Crippen molar-refractivity contribution in [3.63, 3.8) is 0 Å². The van der Waals surface area contributed by atoms with Crippen molar-refractivity contribution >= 4 is 23.2 Å². The SMILES string of the molecule is Cl.c1ccc(CN2CC3COc4c(ccc5ccccc45)C3C2)cc1. The molecular weight excluding hydrogens is 330 g/mol. The van der Waals surface area contributed by atoms with Crippen molar-refractivity contribution in [2.75, 3.05) is 19.7 Å². The number of rotatable bonds is 2. The molecule has 0 aliphatic carbocycles. The lowest BCUT2D eigenvalue weighted by molar-refractivity contribution is 0.214. The second-order valence-electron chi connectivity index (χ2n) is 7.06. The predicted molar refractivity (Wildman–Crippen MR) is 105 cm³/mol. The maximum atomic E-state index is 6.22. The van der Waals surface area contributed by atoms with Gasteiger partial charge in [-0.1, -0.05) is 66.7 Å². The van der Waals surface area contributed by atoms with Crippen molar-refractivity contribution in [1.82, 2.24) is 4.90 Å². The fourth-order valence-electron chi connectivity index (χ4n) is 4.36. The van der Waals surface area contributed by atoms with E-state index in [1.165, 1.54) is 21.9 Å². The Morgan fingerprint density at radius 1 is 0.880 bits per heavy atom. The number of nitrogens with zero attached hydrogens (tertiary/aromatic N) is 1. The highest BCUT2D eigenvalue weighted by Crippen LogP contribution is 2.45. The average molecular weight is 352 g/mol. The highest BCUT2D eigenvalue weighted by atomic mass is 35.5. The van der Waals surface area contributed by atoms with Crippen molar-refractivity contribution in [3.05, 3.63) is 77.9 Å². The van der Waals surface area contributed by atoms with Gasteiger partial charge in [0.15, 0.2) is 0 Å². The van der Waals surface area contributed by atoms with E-state index in [1.807, 2.05) is 0 Å². The topological polar surface area (TPSA) is 12.5 Å². The van der Waals surface area contributed by atoms with Gasteiger partial charge >= 0.3 is 0 Å². The summed E-state index contributed by atoms with van der Waals surface area (Å²) in [5.74, 6) is 2.33. The van der Waals surface area contributed by atoms with Gasteiger partial charge in [-0.2, -0.15) is 0 Å². The first-order chi connectivity index (χ1) is 11.9. The molecule has 2 atom stereocenters. The van der Waals surface area contributed by atoms with Gasteiger partial charge in [-0.15, -0.1) is 12.4 Å². The van der Waals surface area contributed by atoms with Gasteiger partial charge < -0.3 is 4.74 Å². The molecule has 1 fully saturated rings. The van der Waals surface area contributed by atoms with Crippen LogP contribution >= 0.6 is 12.4 Å². The monoisotopic (exact) mass is 351 g/mol. The molecule has 0 radical (unpaired) electrons. The van der Waals surface area contributed by atoms with Gasteiger partial charge in [0.1, 0.15) is 5.75 Å². The van der Waals surface area contributed by atoms with Crippen molar-refractivity contribution in [3.8, 4) is 5.75 Å². The molecule has 2 aliphatic heterocycles. The lowest BCUT2D eigenvalue weighted by atomic mass is 9.85. The molecule has 0 bridgehead atoms. The maximum absolute atomic E-state index is 6.22. The van der Waals surface area contributed by atoms with E-state index < -0.39 is 0 Å². The van der Waals surface area contributed by atoms with Gasteiger partial charge in [0.05, 0.1) is 6.61 Å². The van der Waals surface area contributed by atoms with Crippen LogP contribution in [0.2, 0.25) is 0 Å². The van der Waals surface area contributed by atoms with Gasteiger partial charge in [-0.05, 0) is 16.5 Å². The summed E-state index contributed by atoms with van der Waals surface area (Å²) in [6.45, 7) is 4.15. The molecule has 2 heterocycles. The van der Waals surface area contributed by atoms with E-state index in [9.17, 15) is 0 Å². The zero-order valence-corrected chi connectivity index (χ0v) is 14.9. The lowest BCUT2D eigenvalue weighted by Gasteiger charge is -2.28. The molecule has 0 aromatic heterocycles. The Hall–Kier alpha value is -2.03. The maximum Gasteiger partial charge on any atom is 0.130 e. The largest absolute Gasteiger partial charge is 0.492 e. The van der Waals surface area contributed by atoms with E-state index in [-0.39, 0.29) is 12.4 Å². The molecule has 0 N–H and O–H groups in total. The molecular formula is C22H22ClNO. The number of ether oxygens (including phenoxy) is 1. The van der Waals surface area contributed by atoms with Crippen LogP contribution in [0, 0.1) is 5.92 Å². The Morgan fingerprint density at radius 3 is 2.56 bits per heavy atom. The molecule has 2 nitrogen and oxygen atoms in total. The van der Waals surface area contributed by atoms with Crippen LogP contribution in [0.3, 0.4) is 0 Å². The van der Waals surface area contributed by atoms with E-state index >= 15 is 0 Å². The zero-order valence-electron chi connectivity index (χ0n) is 14.1. The Labute approximate surface area is 154 Å². The number of halogens is 1. The summed E-state index contributed by atoms with van der Waals surface area (Å²) in [6.07, 6.45) is 0. The fraction of sp³-hybridized carbons (Fsp3) is 0.273. The van der Waals surface area contributed by atoms with Gasteiger partial charge in [-0.25, -0.2) is 0 Å². The number of hydrogen-bond donors (Lipinski definition) is 0. The normalized spacial score (nSPS) is 21.9. The summed E-state index contributed by atoms with van der Waals surface area (Å²) in [5, 5.41) is 2.53. The molecule has 0 amide bonds. The van der Waals surface area contributed by atoms with Crippen LogP contribution in [0.4, 0.5) is 0 Å². The van der Waals surface area contributed by atoms with Crippen molar-refractivity contribution in [1.29, 1.82) is 0 Å². The smallest absolute Gasteiger partial charge is 0.130 e. The number of hydrogen-bond acceptors (Lipinski definition) is 2. The minimum atomic E-state index is 0. The van der Waals surface area contributed by atoms with Crippen LogP contribution in [0.5, 0.6) is 5.75 Å². The van der Waals surface area contributed by atoms with Gasteiger partial charge in [0, 0.05) is 36.9 Å². The third kappa shape index (κ3) is 2.90. The molecule has 2 aliphatic rings. The standard InChI is InChI=1S/C22H21NO.ClH/c1-2-6-16(7-3-1)12-23-13-18-15-24-22-19-9-5-4-8-17(19)10-11-20(22)21(18)14-23;/h1-11,18,21H,12-15H2;1H. The summed E-state index contributed by atoms with van der Waals surface area (Å²) in [5.41, 5.74) is 2.80. The summed E-state index contributed by atoms with van der Waals surface area (Å²) < 4.78 is 6.22. The van der Waals surface area contributed by atoms with Crippen LogP contribution in [0.25, 0.3) is 10.8 Å². The van der Waals surface area contributed by atoms with Crippen LogP contribution in [0.1, 0.15) is 17.0 Å². The van der Waals surface area contributed by atoms with Gasteiger partial charge in [0.25, 0.3) is 0 Å². The first kappa shape index (κ1) is 16.4. The van der Waals surface area contributed by atoms with E-state index in [0.29, 0.717) is 11.8 Å². The molecule has 128 valence electrons. The van der Waals surface area contributed by atoms with Crippen molar-refractivity contribution in [2.45, 2.75) is 12.5 Å². The fourth-order valence-corrected chi connectivity index (χ4v) is 4.36. The highest BCUT2D eigenvalue weighted by molar-refractivity contribution is 5.90. The molecule has 0 spiro atoms. The van der Waals surface area contributed by atoms with Crippen LogP contribution in [-0.2, 0) is 6.54 Å². The second-order valence-corrected chi connectivity index (χ2v) is 7.06. The Morgan fingerprint density at radius 2 is 1.68 bits per heavy atom. The van der Waals surface area contributed by atoms with E-state index in [4.69, 9.17) is 4.74 Å². The summed E-state index contributed by atoms with van der Waals surface area (Å²) in [7, 11) is 0. The van der Waals surface area contributed by atoms with E-state index in [0.717, 1.165) is 32.0 Å². The Bertz CT molecular complexity index is 880. The molecule has 3 aromatic carbocycles. The summed E-state index contributed by atoms with van der Waals surface area (Å²) in [4.78, 5) is 2.58. The first-order valence-electron chi connectivity index (χ1n) is 8.79. The van der Waals surface area contributed by atoms with Crippen molar-refractivity contribution < 1.29 is 4.74 Å². The average Bonchev–Trinajstić information content (AvgIpc) is 3.05. The van der Waals surface area contributed by atoms with Crippen LogP contribution in [-0.4, -0.2) is 24.6 Å². The molecule has 3 heteroatoms. The molecule has 5 rings (SSSR count). The number of likely N-dealkylation sites (tertiary alicyclic amines) is 1. The molecule has 0 saturated carbocycles. The number of benzene rings is 3. The third-order valence-corrected chi connectivity index (χ3v) is 5.52. The highest BCUT2D eigenvalue weighted by Gasteiger charge is 2.39. The van der Waals surface area contributed by atoms with E-state index in [2.05, 4.69) is 71.6 Å². The molecule has 1 saturated heterocycles. The predicted octanol–water partition coefficient (Wildman–Crippen LogP) is 4.87. The van der Waals surface area contributed by atoms with Crippen LogP contribution in [0.15, 0.2) is 66.7 Å². The van der Waals surface area contributed by atoms with Gasteiger partial charge in [-0.3, -0.25) is 4.90 Å². The van der Waals surface area contributed by atoms with Gasteiger partial charge in [0.2, 0.25) is 0 Å². The summed E-state index contributed by atoms with van der Waals surface area (Å²) >= 11 is 0. The number of fused-ring (bicyclic) bond motifs is 5.